The topological polar surface area (TPSA) is 83.6 Å². The zero-order valence-corrected chi connectivity index (χ0v) is 13.1. The number of carbonyl (C=O) groups is 2. The first-order chi connectivity index (χ1) is 9.64. The van der Waals surface area contributed by atoms with Crippen molar-refractivity contribution in [3.63, 3.8) is 0 Å². The van der Waals surface area contributed by atoms with Gasteiger partial charge < -0.3 is 15.7 Å². The van der Waals surface area contributed by atoms with Crippen molar-refractivity contribution < 1.29 is 14.7 Å². The molecule has 0 bridgehead atoms. The lowest BCUT2D eigenvalue weighted by atomic mass is 9.83. The van der Waals surface area contributed by atoms with Crippen molar-refractivity contribution in [2.45, 2.75) is 33.1 Å². The van der Waals surface area contributed by atoms with E-state index in [2.05, 4.69) is 0 Å². The average molecular weight is 292 g/mol. The second kappa shape index (κ2) is 6.61. The number of nitrogens with zero attached hydrogens (tertiary/aromatic N) is 1. The number of benzene rings is 1. The molecule has 0 spiro atoms. The van der Waals surface area contributed by atoms with Gasteiger partial charge in [0.05, 0.1) is 5.41 Å². The molecular formula is C16H24N2O3. The van der Waals surface area contributed by atoms with Crippen LogP contribution in [0.5, 0.6) is 0 Å². The molecule has 5 nitrogen and oxygen atoms in total. The van der Waals surface area contributed by atoms with Crippen molar-refractivity contribution in [3.05, 3.63) is 29.8 Å². The first-order valence-corrected chi connectivity index (χ1v) is 7.01. The van der Waals surface area contributed by atoms with Crippen LogP contribution in [0.15, 0.2) is 24.3 Å². The predicted molar refractivity (Wildman–Crippen MR) is 82.9 cm³/mol. The van der Waals surface area contributed by atoms with Crippen molar-refractivity contribution in [2.75, 3.05) is 18.8 Å². The fourth-order valence-electron chi connectivity index (χ4n) is 2.24. The molecule has 1 aromatic rings. The minimum absolute atomic E-state index is 0.191. The van der Waals surface area contributed by atoms with Gasteiger partial charge in [0.1, 0.15) is 6.54 Å². The summed E-state index contributed by atoms with van der Waals surface area (Å²) in [5.41, 5.74) is 6.32. The van der Waals surface area contributed by atoms with Crippen molar-refractivity contribution >= 4 is 17.6 Å². The second-order valence-electron chi connectivity index (χ2n) is 6.22. The largest absolute Gasteiger partial charge is 0.480 e. The summed E-state index contributed by atoms with van der Waals surface area (Å²) in [5, 5.41) is 9.01. The molecule has 0 radical (unpaired) electrons. The molecule has 116 valence electrons. The van der Waals surface area contributed by atoms with E-state index in [9.17, 15) is 9.59 Å². The fraction of sp³-hybridized carbons (Fsp3) is 0.500. The van der Waals surface area contributed by atoms with Gasteiger partial charge in [0, 0.05) is 12.2 Å². The van der Waals surface area contributed by atoms with Gasteiger partial charge in [0.15, 0.2) is 0 Å². The molecule has 1 aromatic carbocycles. The van der Waals surface area contributed by atoms with E-state index in [0.29, 0.717) is 12.2 Å². The van der Waals surface area contributed by atoms with E-state index in [1.54, 1.807) is 26.0 Å². The predicted octanol–water partition coefficient (Wildman–Crippen LogP) is 2.12. The number of hydrogen-bond donors (Lipinski definition) is 2. The highest BCUT2D eigenvalue weighted by molar-refractivity contribution is 5.89. The molecule has 0 aromatic heterocycles. The fourth-order valence-corrected chi connectivity index (χ4v) is 2.24. The first-order valence-electron chi connectivity index (χ1n) is 7.01. The first kappa shape index (κ1) is 17.0. The van der Waals surface area contributed by atoms with Crippen LogP contribution in [-0.4, -0.2) is 35.0 Å². The maximum absolute atomic E-state index is 12.8. The van der Waals surface area contributed by atoms with Gasteiger partial charge in [-0.2, -0.15) is 0 Å². The molecule has 0 aliphatic carbocycles. The summed E-state index contributed by atoms with van der Waals surface area (Å²) in [7, 11) is 0. The number of anilines is 1. The van der Waals surface area contributed by atoms with E-state index in [1.165, 1.54) is 4.90 Å². The number of nitrogens with two attached hydrogens (primary N) is 1. The van der Waals surface area contributed by atoms with Gasteiger partial charge in [-0.05, 0) is 37.5 Å². The maximum Gasteiger partial charge on any atom is 0.323 e. The standard InChI is InChI=1S/C16H24N2O3/c1-11(2)9-18(10-14(19)20)15(21)16(3,4)12-5-7-13(17)8-6-12/h5-8,11H,9-10,17H2,1-4H3,(H,19,20). The lowest BCUT2D eigenvalue weighted by molar-refractivity contribution is -0.147. The molecule has 0 saturated heterocycles. The molecule has 0 atom stereocenters. The number of carboxylic acid groups (broad SMARTS) is 1. The van der Waals surface area contributed by atoms with E-state index in [4.69, 9.17) is 10.8 Å². The van der Waals surface area contributed by atoms with Gasteiger partial charge in [-0.15, -0.1) is 0 Å². The van der Waals surface area contributed by atoms with Gasteiger partial charge in [-0.25, -0.2) is 0 Å². The number of rotatable bonds is 6. The summed E-state index contributed by atoms with van der Waals surface area (Å²) < 4.78 is 0. The van der Waals surface area contributed by atoms with E-state index < -0.39 is 11.4 Å². The maximum atomic E-state index is 12.8. The molecule has 0 aliphatic rings. The van der Waals surface area contributed by atoms with Crippen molar-refractivity contribution in [1.29, 1.82) is 0 Å². The summed E-state index contributed by atoms with van der Waals surface area (Å²) in [5.74, 6) is -0.990. The Morgan fingerprint density at radius 3 is 2.19 bits per heavy atom. The third-order valence-corrected chi connectivity index (χ3v) is 3.37. The molecule has 1 rings (SSSR count). The highest BCUT2D eigenvalue weighted by Crippen LogP contribution is 2.27. The van der Waals surface area contributed by atoms with Gasteiger partial charge in [-0.3, -0.25) is 9.59 Å². The van der Waals surface area contributed by atoms with Crippen molar-refractivity contribution in [3.8, 4) is 0 Å². The smallest absolute Gasteiger partial charge is 0.323 e. The van der Waals surface area contributed by atoms with E-state index in [0.717, 1.165) is 5.56 Å². The van der Waals surface area contributed by atoms with Crippen LogP contribution in [0.1, 0.15) is 33.3 Å². The number of nitrogen functional groups attached to an aromatic ring is 1. The Hall–Kier alpha value is -2.04. The van der Waals surface area contributed by atoms with Crippen LogP contribution in [0.3, 0.4) is 0 Å². The Labute approximate surface area is 125 Å². The van der Waals surface area contributed by atoms with Crippen molar-refractivity contribution in [1.82, 2.24) is 4.90 Å². The average Bonchev–Trinajstić information content (AvgIpc) is 2.36. The van der Waals surface area contributed by atoms with Crippen LogP contribution in [-0.2, 0) is 15.0 Å². The highest BCUT2D eigenvalue weighted by atomic mass is 16.4. The van der Waals surface area contributed by atoms with Gasteiger partial charge >= 0.3 is 5.97 Å². The van der Waals surface area contributed by atoms with E-state index in [1.807, 2.05) is 26.0 Å². The highest BCUT2D eigenvalue weighted by Gasteiger charge is 2.34. The molecule has 5 heteroatoms. The monoisotopic (exact) mass is 292 g/mol. The van der Waals surface area contributed by atoms with Gasteiger partial charge in [0.25, 0.3) is 0 Å². The number of carboxylic acids is 1. The molecule has 0 aliphatic heterocycles. The van der Waals surface area contributed by atoms with E-state index in [-0.39, 0.29) is 18.4 Å². The Bertz CT molecular complexity index is 507. The van der Waals surface area contributed by atoms with Crippen molar-refractivity contribution in [2.24, 2.45) is 5.92 Å². The molecule has 1 amide bonds. The van der Waals surface area contributed by atoms with Gasteiger partial charge in [0.2, 0.25) is 5.91 Å². The van der Waals surface area contributed by atoms with Crippen LogP contribution in [0.4, 0.5) is 5.69 Å². The molecular weight excluding hydrogens is 268 g/mol. The Balaban J connectivity index is 3.04. The molecule has 21 heavy (non-hydrogen) atoms. The molecule has 3 N–H and O–H groups in total. The number of hydrogen-bond acceptors (Lipinski definition) is 3. The molecule has 0 fully saturated rings. The van der Waals surface area contributed by atoms with Crippen LogP contribution >= 0.6 is 0 Å². The third-order valence-electron chi connectivity index (χ3n) is 3.37. The summed E-state index contributed by atoms with van der Waals surface area (Å²) in [6, 6.07) is 7.10. The molecule has 0 heterocycles. The second-order valence-corrected chi connectivity index (χ2v) is 6.22. The van der Waals surface area contributed by atoms with Crippen LogP contribution in [0.2, 0.25) is 0 Å². The summed E-state index contributed by atoms with van der Waals surface area (Å²) in [6.45, 7) is 7.65. The Kier molecular flexibility index (Phi) is 5.35. The summed E-state index contributed by atoms with van der Waals surface area (Å²) in [4.78, 5) is 25.2. The minimum atomic E-state index is -1.00. The third kappa shape index (κ3) is 4.48. The lowest BCUT2D eigenvalue weighted by Crippen LogP contribution is -2.47. The summed E-state index contributed by atoms with van der Waals surface area (Å²) >= 11 is 0. The Morgan fingerprint density at radius 2 is 1.76 bits per heavy atom. The van der Waals surface area contributed by atoms with Crippen LogP contribution in [0.25, 0.3) is 0 Å². The number of amides is 1. The quantitative estimate of drug-likeness (QED) is 0.787. The number of carbonyl (C=O) groups excluding carboxylic acids is 1. The zero-order chi connectivity index (χ0) is 16.2. The normalized spacial score (nSPS) is 11.5. The Morgan fingerprint density at radius 1 is 1.24 bits per heavy atom. The number of aliphatic carboxylic acids is 1. The minimum Gasteiger partial charge on any atom is -0.480 e. The van der Waals surface area contributed by atoms with E-state index >= 15 is 0 Å². The SMILES string of the molecule is CC(C)CN(CC(=O)O)C(=O)C(C)(C)c1ccc(N)cc1. The molecule has 0 saturated carbocycles. The van der Waals surface area contributed by atoms with Crippen LogP contribution < -0.4 is 5.73 Å². The lowest BCUT2D eigenvalue weighted by Gasteiger charge is -2.32. The van der Waals surface area contributed by atoms with Gasteiger partial charge in [-0.1, -0.05) is 26.0 Å². The molecule has 0 unspecified atom stereocenters. The zero-order valence-electron chi connectivity index (χ0n) is 13.1. The van der Waals surface area contributed by atoms with Crippen LogP contribution in [0, 0.1) is 5.92 Å². The summed E-state index contributed by atoms with van der Waals surface area (Å²) in [6.07, 6.45) is 0.